The number of aliphatic hydroxyl groups is 1. The molecule has 1 saturated heterocycles. The van der Waals surface area contributed by atoms with Gasteiger partial charge in [0.2, 0.25) is 0 Å². The third-order valence-corrected chi connectivity index (χ3v) is 2.58. The number of likely N-dealkylation sites (N-methyl/N-ethyl adjacent to an activating group) is 1. The minimum Gasteiger partial charge on any atom is -0.395 e. The third-order valence-electron chi connectivity index (χ3n) is 2.58. The van der Waals surface area contributed by atoms with E-state index in [-0.39, 0.29) is 6.61 Å². The fourth-order valence-corrected chi connectivity index (χ4v) is 1.70. The normalized spacial score (nSPS) is 27.8. The van der Waals surface area contributed by atoms with Crippen LogP contribution in [-0.4, -0.2) is 48.8 Å². The Morgan fingerprint density at radius 2 is 2.42 bits per heavy atom. The maximum absolute atomic E-state index is 8.98. The Kier molecular flexibility index (Phi) is 3.98. The van der Waals surface area contributed by atoms with Crippen LogP contribution in [0.3, 0.4) is 0 Å². The maximum atomic E-state index is 8.98. The molecule has 1 fully saturated rings. The largest absolute Gasteiger partial charge is 0.395 e. The van der Waals surface area contributed by atoms with Gasteiger partial charge in [-0.25, -0.2) is 0 Å². The lowest BCUT2D eigenvalue weighted by molar-refractivity contribution is 0.227. The number of hydrogen-bond acceptors (Lipinski definition) is 3. The van der Waals surface area contributed by atoms with E-state index in [2.05, 4.69) is 24.2 Å². The highest BCUT2D eigenvalue weighted by Gasteiger charge is 2.20. The van der Waals surface area contributed by atoms with Crippen molar-refractivity contribution < 1.29 is 5.11 Å². The molecule has 3 nitrogen and oxygen atoms in total. The highest BCUT2D eigenvalue weighted by atomic mass is 16.3. The summed E-state index contributed by atoms with van der Waals surface area (Å²) in [6, 6.07) is 0.883. The molecule has 2 atom stereocenters. The van der Waals surface area contributed by atoms with E-state index < -0.39 is 0 Å². The third kappa shape index (κ3) is 2.73. The minimum atomic E-state index is 0.261. The van der Waals surface area contributed by atoms with Crippen LogP contribution in [0.4, 0.5) is 0 Å². The second-order valence-electron chi connectivity index (χ2n) is 3.70. The van der Waals surface area contributed by atoms with Gasteiger partial charge in [0.25, 0.3) is 0 Å². The van der Waals surface area contributed by atoms with E-state index in [1.54, 1.807) is 0 Å². The van der Waals surface area contributed by atoms with Crippen molar-refractivity contribution in [2.45, 2.75) is 31.8 Å². The molecule has 2 unspecified atom stereocenters. The number of likely N-dealkylation sites (tertiary alicyclic amines) is 1. The van der Waals surface area contributed by atoms with Crippen molar-refractivity contribution in [1.29, 1.82) is 0 Å². The van der Waals surface area contributed by atoms with Crippen LogP contribution < -0.4 is 5.32 Å². The molecular formula is C9H20N2O. The average Bonchev–Trinajstić information content (AvgIpc) is 2.47. The topological polar surface area (TPSA) is 35.5 Å². The minimum absolute atomic E-state index is 0.261. The van der Waals surface area contributed by atoms with Crippen LogP contribution in [0.15, 0.2) is 0 Å². The monoisotopic (exact) mass is 172 g/mol. The van der Waals surface area contributed by atoms with E-state index >= 15 is 0 Å². The second kappa shape index (κ2) is 4.80. The molecule has 0 bridgehead atoms. The molecule has 0 saturated carbocycles. The lowest BCUT2D eigenvalue weighted by Crippen LogP contribution is -2.41. The van der Waals surface area contributed by atoms with Crippen LogP contribution >= 0.6 is 0 Å². The van der Waals surface area contributed by atoms with Gasteiger partial charge in [0.15, 0.2) is 0 Å². The summed E-state index contributed by atoms with van der Waals surface area (Å²) in [7, 11) is 2.14. The first kappa shape index (κ1) is 9.96. The van der Waals surface area contributed by atoms with Gasteiger partial charge in [0.1, 0.15) is 0 Å². The SMILES string of the molecule is CCC(CO)NC1CCN(C)C1. The van der Waals surface area contributed by atoms with E-state index in [9.17, 15) is 0 Å². The summed E-state index contributed by atoms with van der Waals surface area (Å²) >= 11 is 0. The first-order valence-electron chi connectivity index (χ1n) is 4.81. The van der Waals surface area contributed by atoms with Crippen molar-refractivity contribution in [3.05, 3.63) is 0 Å². The first-order chi connectivity index (χ1) is 5.76. The number of rotatable bonds is 4. The fraction of sp³-hybridized carbons (Fsp3) is 1.00. The highest BCUT2D eigenvalue weighted by Crippen LogP contribution is 2.07. The predicted molar refractivity (Wildman–Crippen MR) is 50.2 cm³/mol. The van der Waals surface area contributed by atoms with Crippen molar-refractivity contribution in [1.82, 2.24) is 10.2 Å². The molecule has 0 amide bonds. The average molecular weight is 172 g/mol. The summed E-state index contributed by atoms with van der Waals surface area (Å²) in [6.45, 7) is 4.67. The molecule has 0 aromatic heterocycles. The van der Waals surface area contributed by atoms with E-state index in [4.69, 9.17) is 5.11 Å². The van der Waals surface area contributed by atoms with E-state index in [1.807, 2.05) is 0 Å². The highest BCUT2D eigenvalue weighted by molar-refractivity contribution is 4.81. The van der Waals surface area contributed by atoms with Crippen molar-refractivity contribution in [2.24, 2.45) is 0 Å². The molecule has 0 aromatic rings. The summed E-state index contributed by atoms with van der Waals surface area (Å²) in [5.74, 6) is 0. The van der Waals surface area contributed by atoms with Crippen LogP contribution in [0, 0.1) is 0 Å². The molecule has 0 spiro atoms. The first-order valence-corrected chi connectivity index (χ1v) is 4.81. The van der Waals surface area contributed by atoms with Crippen LogP contribution in [0.1, 0.15) is 19.8 Å². The van der Waals surface area contributed by atoms with Gasteiger partial charge in [0.05, 0.1) is 6.61 Å². The van der Waals surface area contributed by atoms with Gasteiger partial charge in [-0.1, -0.05) is 6.92 Å². The van der Waals surface area contributed by atoms with Gasteiger partial charge in [-0.05, 0) is 26.4 Å². The van der Waals surface area contributed by atoms with Crippen molar-refractivity contribution in [2.75, 3.05) is 26.7 Å². The second-order valence-corrected chi connectivity index (χ2v) is 3.70. The van der Waals surface area contributed by atoms with E-state index in [0.29, 0.717) is 12.1 Å². The molecular weight excluding hydrogens is 152 g/mol. The zero-order chi connectivity index (χ0) is 8.97. The molecule has 1 rings (SSSR count). The molecule has 1 heterocycles. The van der Waals surface area contributed by atoms with Gasteiger partial charge in [-0.3, -0.25) is 0 Å². The summed E-state index contributed by atoms with van der Waals surface area (Å²) in [5, 5.41) is 12.4. The Labute approximate surface area is 74.8 Å². The van der Waals surface area contributed by atoms with Crippen molar-refractivity contribution >= 4 is 0 Å². The van der Waals surface area contributed by atoms with Gasteiger partial charge >= 0.3 is 0 Å². The molecule has 0 radical (unpaired) electrons. The van der Waals surface area contributed by atoms with Crippen LogP contribution in [0.2, 0.25) is 0 Å². The molecule has 3 heteroatoms. The van der Waals surface area contributed by atoms with Gasteiger partial charge in [0, 0.05) is 18.6 Å². The maximum Gasteiger partial charge on any atom is 0.0584 e. The summed E-state index contributed by atoms with van der Waals surface area (Å²) in [4.78, 5) is 2.32. The molecule has 12 heavy (non-hydrogen) atoms. The number of nitrogens with zero attached hydrogens (tertiary/aromatic N) is 1. The van der Waals surface area contributed by atoms with Gasteiger partial charge in [-0.2, -0.15) is 0 Å². The van der Waals surface area contributed by atoms with Crippen molar-refractivity contribution in [3.8, 4) is 0 Å². The smallest absolute Gasteiger partial charge is 0.0584 e. The molecule has 72 valence electrons. The summed E-state index contributed by atoms with van der Waals surface area (Å²) < 4.78 is 0. The Morgan fingerprint density at radius 1 is 1.67 bits per heavy atom. The standard InChI is InChI=1S/C9H20N2O/c1-3-8(7-12)10-9-4-5-11(2)6-9/h8-10,12H,3-7H2,1-2H3. The summed E-state index contributed by atoms with van der Waals surface area (Å²) in [6.07, 6.45) is 2.23. The summed E-state index contributed by atoms with van der Waals surface area (Å²) in [5.41, 5.74) is 0. The van der Waals surface area contributed by atoms with Crippen molar-refractivity contribution in [3.63, 3.8) is 0 Å². The molecule has 2 N–H and O–H groups in total. The lowest BCUT2D eigenvalue weighted by atomic mass is 10.2. The van der Waals surface area contributed by atoms with Crippen LogP contribution in [0.25, 0.3) is 0 Å². The van der Waals surface area contributed by atoms with E-state index in [0.717, 1.165) is 13.0 Å². The lowest BCUT2D eigenvalue weighted by Gasteiger charge is -2.19. The predicted octanol–water partition coefficient (Wildman–Crippen LogP) is 0.0510. The zero-order valence-corrected chi connectivity index (χ0v) is 8.08. The Hall–Kier alpha value is -0.120. The number of hydrogen-bond donors (Lipinski definition) is 2. The van der Waals surface area contributed by atoms with E-state index in [1.165, 1.54) is 13.0 Å². The Balaban J connectivity index is 2.21. The number of nitrogens with one attached hydrogen (secondary N) is 1. The van der Waals surface area contributed by atoms with Gasteiger partial charge < -0.3 is 15.3 Å². The van der Waals surface area contributed by atoms with Crippen LogP contribution in [-0.2, 0) is 0 Å². The Bertz CT molecular complexity index is 126. The molecule has 1 aliphatic heterocycles. The Morgan fingerprint density at radius 3 is 2.83 bits per heavy atom. The fourth-order valence-electron chi connectivity index (χ4n) is 1.70. The van der Waals surface area contributed by atoms with Gasteiger partial charge in [-0.15, -0.1) is 0 Å². The molecule has 1 aliphatic rings. The van der Waals surface area contributed by atoms with Crippen LogP contribution in [0.5, 0.6) is 0 Å². The zero-order valence-electron chi connectivity index (χ0n) is 8.08. The quantitative estimate of drug-likeness (QED) is 0.629. The number of aliphatic hydroxyl groups excluding tert-OH is 1. The molecule has 0 aromatic carbocycles. The molecule has 0 aliphatic carbocycles.